The summed E-state index contributed by atoms with van der Waals surface area (Å²) in [6.07, 6.45) is 0. The number of amides is 2. The number of nitrogens with two attached hydrogens (primary N) is 1. The number of carbonyl (C=O) groups excluding carboxylic acids is 2. The molecule has 0 bridgehead atoms. The van der Waals surface area contributed by atoms with E-state index in [0.717, 1.165) is 29.5 Å². The molecule has 0 aromatic heterocycles. The monoisotopic (exact) mass is 336 g/mol. The van der Waals surface area contributed by atoms with Gasteiger partial charge in [-0.1, -0.05) is 12.1 Å². The number of hydrogen-bond acceptors (Lipinski definition) is 3. The van der Waals surface area contributed by atoms with Gasteiger partial charge in [-0.15, -0.1) is 11.8 Å². The lowest BCUT2D eigenvalue weighted by Gasteiger charge is -2.06. The Morgan fingerprint density at radius 3 is 2.39 bits per heavy atom. The van der Waals surface area contributed by atoms with Gasteiger partial charge in [0.25, 0.3) is 0 Å². The largest absolute Gasteiger partial charge is 0.366 e. The number of halogens is 2. The lowest BCUT2D eigenvalue weighted by molar-refractivity contribution is -0.118. The Bertz CT molecular complexity index is 721. The second-order valence-electron chi connectivity index (χ2n) is 4.70. The first-order valence-electron chi connectivity index (χ1n) is 6.69. The minimum Gasteiger partial charge on any atom is -0.366 e. The molecular weight excluding hydrogens is 322 g/mol. The van der Waals surface area contributed by atoms with Crippen LogP contribution in [0.3, 0.4) is 0 Å². The van der Waals surface area contributed by atoms with Gasteiger partial charge in [0.1, 0.15) is 11.6 Å². The lowest BCUT2D eigenvalue weighted by Crippen LogP contribution is -2.24. The van der Waals surface area contributed by atoms with E-state index in [1.54, 1.807) is 24.3 Å². The van der Waals surface area contributed by atoms with Gasteiger partial charge in [0.2, 0.25) is 11.8 Å². The van der Waals surface area contributed by atoms with E-state index >= 15 is 0 Å². The third-order valence-corrected chi connectivity index (χ3v) is 4.03. The zero-order chi connectivity index (χ0) is 16.8. The van der Waals surface area contributed by atoms with Gasteiger partial charge >= 0.3 is 0 Å². The van der Waals surface area contributed by atoms with Gasteiger partial charge in [-0.05, 0) is 29.8 Å². The predicted octanol–water partition coefficient (Wildman–Crippen LogP) is 2.47. The molecule has 0 fully saturated rings. The van der Waals surface area contributed by atoms with Crippen LogP contribution in [0.1, 0.15) is 15.9 Å². The molecule has 23 heavy (non-hydrogen) atoms. The molecule has 0 aliphatic rings. The summed E-state index contributed by atoms with van der Waals surface area (Å²) in [4.78, 5) is 22.9. The van der Waals surface area contributed by atoms with Crippen molar-refractivity contribution in [1.29, 1.82) is 0 Å². The molecule has 0 aliphatic carbocycles. The van der Waals surface area contributed by atoms with Crippen LogP contribution in [0.15, 0.2) is 47.4 Å². The molecule has 0 saturated heterocycles. The fourth-order valence-corrected chi connectivity index (χ4v) is 2.52. The Morgan fingerprint density at radius 2 is 1.78 bits per heavy atom. The van der Waals surface area contributed by atoms with Gasteiger partial charge in [0.05, 0.1) is 5.75 Å². The number of thioether (sulfide) groups is 1. The van der Waals surface area contributed by atoms with Crippen molar-refractivity contribution in [2.45, 2.75) is 11.4 Å². The van der Waals surface area contributed by atoms with Gasteiger partial charge < -0.3 is 11.1 Å². The highest BCUT2D eigenvalue weighted by Crippen LogP contribution is 2.22. The fraction of sp³-hybridized carbons (Fsp3) is 0.125. The maximum Gasteiger partial charge on any atom is 0.248 e. The van der Waals surface area contributed by atoms with Gasteiger partial charge in [0, 0.05) is 23.1 Å². The van der Waals surface area contributed by atoms with E-state index in [4.69, 9.17) is 5.73 Å². The average Bonchev–Trinajstić information content (AvgIpc) is 2.52. The van der Waals surface area contributed by atoms with Gasteiger partial charge in [-0.2, -0.15) is 0 Å². The van der Waals surface area contributed by atoms with Crippen LogP contribution in [0.5, 0.6) is 0 Å². The minimum absolute atomic E-state index is 0.0158. The van der Waals surface area contributed by atoms with E-state index in [9.17, 15) is 18.4 Å². The molecule has 0 radical (unpaired) electrons. The second kappa shape index (κ2) is 7.73. The van der Waals surface area contributed by atoms with Crippen molar-refractivity contribution >= 4 is 23.6 Å². The van der Waals surface area contributed by atoms with Crippen LogP contribution in [-0.2, 0) is 11.3 Å². The van der Waals surface area contributed by atoms with Crippen molar-refractivity contribution in [1.82, 2.24) is 5.32 Å². The number of nitrogens with one attached hydrogen (secondary N) is 1. The summed E-state index contributed by atoms with van der Waals surface area (Å²) in [7, 11) is 0. The van der Waals surface area contributed by atoms with E-state index in [1.807, 2.05) is 0 Å². The number of benzene rings is 2. The third kappa shape index (κ3) is 5.07. The molecule has 0 aliphatic heterocycles. The molecule has 7 heteroatoms. The van der Waals surface area contributed by atoms with E-state index in [0.29, 0.717) is 5.56 Å². The van der Waals surface area contributed by atoms with Crippen LogP contribution in [0.2, 0.25) is 0 Å². The minimum atomic E-state index is -0.690. The summed E-state index contributed by atoms with van der Waals surface area (Å²) >= 11 is 0.990. The van der Waals surface area contributed by atoms with Crippen molar-refractivity contribution in [2.75, 3.05) is 5.75 Å². The van der Waals surface area contributed by atoms with E-state index in [1.165, 1.54) is 6.07 Å². The maximum atomic E-state index is 13.4. The quantitative estimate of drug-likeness (QED) is 0.796. The summed E-state index contributed by atoms with van der Waals surface area (Å²) in [6, 6.07) is 9.74. The third-order valence-electron chi connectivity index (χ3n) is 2.98. The predicted molar refractivity (Wildman–Crippen MR) is 83.9 cm³/mol. The SMILES string of the molecule is NC(=O)c1ccc(CNC(=O)CSc2ccc(F)cc2F)cc1. The zero-order valence-corrected chi connectivity index (χ0v) is 12.8. The van der Waals surface area contributed by atoms with Crippen LogP contribution < -0.4 is 11.1 Å². The average molecular weight is 336 g/mol. The summed E-state index contributed by atoms with van der Waals surface area (Å²) in [5.41, 5.74) is 6.33. The highest BCUT2D eigenvalue weighted by Gasteiger charge is 2.08. The molecule has 0 spiro atoms. The summed E-state index contributed by atoms with van der Waals surface area (Å²) in [5, 5.41) is 2.68. The van der Waals surface area contributed by atoms with Gasteiger partial charge in [0.15, 0.2) is 0 Å². The molecule has 0 saturated carbocycles. The smallest absolute Gasteiger partial charge is 0.248 e. The number of rotatable bonds is 6. The molecule has 0 heterocycles. The molecule has 2 rings (SSSR count). The zero-order valence-electron chi connectivity index (χ0n) is 12.0. The Balaban J connectivity index is 1.82. The highest BCUT2D eigenvalue weighted by atomic mass is 32.2. The molecular formula is C16H14F2N2O2S. The highest BCUT2D eigenvalue weighted by molar-refractivity contribution is 8.00. The van der Waals surface area contributed by atoms with Crippen LogP contribution in [-0.4, -0.2) is 17.6 Å². The van der Waals surface area contributed by atoms with E-state index in [-0.39, 0.29) is 23.1 Å². The van der Waals surface area contributed by atoms with Crippen molar-refractivity contribution in [3.05, 3.63) is 65.2 Å². The van der Waals surface area contributed by atoms with Gasteiger partial charge in [-0.25, -0.2) is 8.78 Å². The summed E-state index contributed by atoms with van der Waals surface area (Å²) < 4.78 is 26.2. The van der Waals surface area contributed by atoms with E-state index in [2.05, 4.69) is 5.32 Å². The molecule has 2 aromatic rings. The first kappa shape index (κ1) is 17.0. The molecule has 4 nitrogen and oxygen atoms in total. The lowest BCUT2D eigenvalue weighted by atomic mass is 10.1. The molecule has 0 unspecified atom stereocenters. The summed E-state index contributed by atoms with van der Waals surface area (Å²) in [6.45, 7) is 0.282. The number of primary amides is 1. The fourth-order valence-electron chi connectivity index (χ4n) is 1.77. The van der Waals surface area contributed by atoms with Crippen LogP contribution in [0.4, 0.5) is 8.78 Å². The number of hydrogen-bond donors (Lipinski definition) is 2. The van der Waals surface area contributed by atoms with Crippen LogP contribution in [0, 0.1) is 11.6 Å². The second-order valence-corrected chi connectivity index (χ2v) is 5.72. The molecule has 0 atom stereocenters. The Morgan fingerprint density at radius 1 is 1.09 bits per heavy atom. The Labute approximate surface area is 136 Å². The number of carbonyl (C=O) groups is 2. The Hall–Kier alpha value is -2.41. The van der Waals surface area contributed by atoms with Crippen molar-refractivity contribution in [3.8, 4) is 0 Å². The molecule has 2 amide bonds. The standard InChI is InChI=1S/C16H14F2N2O2S/c17-12-5-6-14(13(18)7-12)23-9-15(21)20-8-10-1-3-11(4-2-10)16(19)22/h1-7H,8-9H2,(H2,19,22)(H,20,21). The van der Waals surface area contributed by atoms with E-state index < -0.39 is 17.5 Å². The van der Waals surface area contributed by atoms with Crippen molar-refractivity contribution in [3.63, 3.8) is 0 Å². The summed E-state index contributed by atoms with van der Waals surface area (Å²) in [5.74, 6) is -2.13. The normalized spacial score (nSPS) is 10.3. The molecule has 2 aromatic carbocycles. The maximum absolute atomic E-state index is 13.4. The van der Waals surface area contributed by atoms with Gasteiger partial charge in [-0.3, -0.25) is 9.59 Å². The molecule has 120 valence electrons. The first-order chi connectivity index (χ1) is 11.0. The van der Waals surface area contributed by atoms with Crippen molar-refractivity contribution in [2.24, 2.45) is 5.73 Å². The van der Waals surface area contributed by atoms with Crippen LogP contribution in [0.25, 0.3) is 0 Å². The van der Waals surface area contributed by atoms with Crippen LogP contribution >= 0.6 is 11.8 Å². The Kier molecular flexibility index (Phi) is 5.70. The van der Waals surface area contributed by atoms with Crippen molar-refractivity contribution < 1.29 is 18.4 Å². The molecule has 3 N–H and O–H groups in total. The first-order valence-corrected chi connectivity index (χ1v) is 7.67. The topological polar surface area (TPSA) is 72.2 Å².